The highest BCUT2D eigenvalue weighted by Gasteiger charge is 2.32. The second-order valence-corrected chi connectivity index (χ2v) is 3.91. The summed E-state index contributed by atoms with van der Waals surface area (Å²) in [5.74, 6) is 0. The lowest BCUT2D eigenvalue weighted by molar-refractivity contribution is 0.0854. The van der Waals surface area contributed by atoms with E-state index in [2.05, 4.69) is 19.1 Å². The Kier molecular flexibility index (Phi) is 3.80. The summed E-state index contributed by atoms with van der Waals surface area (Å²) in [7, 11) is 1.82. The fraction of sp³-hybridized carbons (Fsp3) is 0.818. The average molecular weight is 168 g/mol. The van der Waals surface area contributed by atoms with Gasteiger partial charge in [-0.15, -0.1) is 0 Å². The fourth-order valence-corrected chi connectivity index (χ4v) is 2.21. The van der Waals surface area contributed by atoms with Crippen LogP contribution < -0.4 is 0 Å². The molecule has 0 atom stereocenters. The Bertz CT molecular complexity index is 143. The zero-order valence-corrected chi connectivity index (χ0v) is 8.31. The number of allylic oxidation sites excluding steroid dienone is 2. The molecule has 0 spiro atoms. The van der Waals surface area contributed by atoms with Crippen LogP contribution in [0.15, 0.2) is 12.2 Å². The molecule has 0 aromatic rings. The van der Waals surface area contributed by atoms with Crippen LogP contribution in [-0.4, -0.2) is 13.7 Å². The van der Waals surface area contributed by atoms with Crippen molar-refractivity contribution >= 4 is 0 Å². The van der Waals surface area contributed by atoms with Crippen molar-refractivity contribution in [1.29, 1.82) is 0 Å². The standard InChI is InChI=1S/C11H20O/c1-3-4-7-11(10-12-2)8-5-6-9-11/h3-4H,5-10H2,1-2H3/b4-3+. The zero-order chi connectivity index (χ0) is 8.86. The van der Waals surface area contributed by atoms with Crippen molar-refractivity contribution in [2.75, 3.05) is 13.7 Å². The number of hydrogen-bond acceptors (Lipinski definition) is 1. The van der Waals surface area contributed by atoms with E-state index in [-0.39, 0.29) is 0 Å². The molecule has 70 valence electrons. The quantitative estimate of drug-likeness (QED) is 0.586. The van der Waals surface area contributed by atoms with E-state index in [0.717, 1.165) is 6.61 Å². The fourth-order valence-electron chi connectivity index (χ4n) is 2.21. The Labute approximate surface area is 75.8 Å². The molecule has 0 N–H and O–H groups in total. The smallest absolute Gasteiger partial charge is 0.0521 e. The Balaban J connectivity index is 2.46. The van der Waals surface area contributed by atoms with Crippen molar-refractivity contribution in [2.24, 2.45) is 5.41 Å². The van der Waals surface area contributed by atoms with Gasteiger partial charge < -0.3 is 4.74 Å². The molecule has 0 unspecified atom stereocenters. The van der Waals surface area contributed by atoms with Crippen molar-refractivity contribution < 1.29 is 4.74 Å². The highest BCUT2D eigenvalue weighted by Crippen LogP contribution is 2.41. The van der Waals surface area contributed by atoms with Crippen LogP contribution in [-0.2, 0) is 4.74 Å². The van der Waals surface area contributed by atoms with Crippen molar-refractivity contribution in [3.63, 3.8) is 0 Å². The molecule has 0 radical (unpaired) electrons. The third kappa shape index (κ3) is 2.34. The molecule has 0 amide bonds. The lowest BCUT2D eigenvalue weighted by atomic mass is 9.83. The number of ether oxygens (including phenoxy) is 1. The van der Waals surface area contributed by atoms with Crippen LogP contribution in [0.2, 0.25) is 0 Å². The Hall–Kier alpha value is -0.300. The first-order chi connectivity index (χ1) is 5.83. The molecule has 0 aromatic heterocycles. The van der Waals surface area contributed by atoms with Gasteiger partial charge in [-0.2, -0.15) is 0 Å². The molecule has 1 fully saturated rings. The maximum atomic E-state index is 5.29. The lowest BCUT2D eigenvalue weighted by Crippen LogP contribution is -2.21. The van der Waals surface area contributed by atoms with Gasteiger partial charge in [-0.05, 0) is 31.6 Å². The van der Waals surface area contributed by atoms with Crippen LogP contribution in [0.3, 0.4) is 0 Å². The number of hydrogen-bond donors (Lipinski definition) is 0. The average Bonchev–Trinajstić information content (AvgIpc) is 2.51. The van der Waals surface area contributed by atoms with Gasteiger partial charge in [-0.3, -0.25) is 0 Å². The third-order valence-electron chi connectivity index (χ3n) is 2.90. The van der Waals surface area contributed by atoms with Gasteiger partial charge in [0, 0.05) is 7.11 Å². The van der Waals surface area contributed by atoms with E-state index >= 15 is 0 Å². The maximum Gasteiger partial charge on any atom is 0.0521 e. The van der Waals surface area contributed by atoms with Gasteiger partial charge in [-0.25, -0.2) is 0 Å². The van der Waals surface area contributed by atoms with E-state index in [1.165, 1.54) is 32.1 Å². The number of rotatable bonds is 4. The first-order valence-corrected chi connectivity index (χ1v) is 4.93. The summed E-state index contributed by atoms with van der Waals surface area (Å²) in [4.78, 5) is 0. The summed E-state index contributed by atoms with van der Waals surface area (Å²) < 4.78 is 5.29. The lowest BCUT2D eigenvalue weighted by Gasteiger charge is -2.26. The Morgan fingerprint density at radius 1 is 1.33 bits per heavy atom. The molecule has 0 bridgehead atoms. The molecule has 1 aliphatic carbocycles. The number of methoxy groups -OCH3 is 1. The second-order valence-electron chi connectivity index (χ2n) is 3.91. The molecule has 1 heteroatoms. The summed E-state index contributed by atoms with van der Waals surface area (Å²) in [5.41, 5.74) is 0.487. The normalized spacial score (nSPS) is 22.2. The molecule has 1 nitrogen and oxygen atoms in total. The van der Waals surface area contributed by atoms with Gasteiger partial charge in [0.2, 0.25) is 0 Å². The molecule has 0 aliphatic heterocycles. The van der Waals surface area contributed by atoms with Crippen molar-refractivity contribution in [3.8, 4) is 0 Å². The minimum absolute atomic E-state index is 0.487. The van der Waals surface area contributed by atoms with E-state index in [0.29, 0.717) is 5.41 Å². The highest BCUT2D eigenvalue weighted by molar-refractivity contribution is 4.92. The molecule has 1 aliphatic rings. The summed E-state index contributed by atoms with van der Waals surface area (Å²) >= 11 is 0. The van der Waals surface area contributed by atoms with E-state index in [1.54, 1.807) is 0 Å². The zero-order valence-electron chi connectivity index (χ0n) is 8.31. The van der Waals surface area contributed by atoms with Gasteiger partial charge >= 0.3 is 0 Å². The topological polar surface area (TPSA) is 9.23 Å². The first-order valence-electron chi connectivity index (χ1n) is 4.93. The molecule has 12 heavy (non-hydrogen) atoms. The van der Waals surface area contributed by atoms with Crippen LogP contribution in [0, 0.1) is 5.41 Å². The minimum Gasteiger partial charge on any atom is -0.384 e. The van der Waals surface area contributed by atoms with E-state index in [4.69, 9.17) is 4.74 Å². The summed E-state index contributed by atoms with van der Waals surface area (Å²) in [5, 5.41) is 0. The molecule has 0 saturated heterocycles. The van der Waals surface area contributed by atoms with E-state index in [9.17, 15) is 0 Å². The summed E-state index contributed by atoms with van der Waals surface area (Å²) in [6, 6.07) is 0. The molecule has 1 rings (SSSR count). The van der Waals surface area contributed by atoms with Crippen LogP contribution >= 0.6 is 0 Å². The first kappa shape index (κ1) is 9.79. The third-order valence-corrected chi connectivity index (χ3v) is 2.90. The van der Waals surface area contributed by atoms with E-state index in [1.807, 2.05) is 7.11 Å². The summed E-state index contributed by atoms with van der Waals surface area (Å²) in [6.45, 7) is 3.03. The van der Waals surface area contributed by atoms with Crippen LogP contribution in [0.4, 0.5) is 0 Å². The predicted octanol–water partition coefficient (Wildman–Crippen LogP) is 3.16. The van der Waals surface area contributed by atoms with E-state index < -0.39 is 0 Å². The van der Waals surface area contributed by atoms with Crippen LogP contribution in [0.5, 0.6) is 0 Å². The van der Waals surface area contributed by atoms with Crippen LogP contribution in [0.25, 0.3) is 0 Å². The Morgan fingerprint density at radius 2 is 2.00 bits per heavy atom. The van der Waals surface area contributed by atoms with Crippen molar-refractivity contribution in [3.05, 3.63) is 12.2 Å². The highest BCUT2D eigenvalue weighted by atomic mass is 16.5. The summed E-state index contributed by atoms with van der Waals surface area (Å²) in [6.07, 6.45) is 11.1. The molecule has 1 saturated carbocycles. The van der Waals surface area contributed by atoms with Gasteiger partial charge in [-0.1, -0.05) is 25.0 Å². The maximum absolute atomic E-state index is 5.29. The van der Waals surface area contributed by atoms with Gasteiger partial charge in [0.15, 0.2) is 0 Å². The van der Waals surface area contributed by atoms with Gasteiger partial charge in [0.05, 0.1) is 6.61 Å². The second kappa shape index (κ2) is 4.66. The van der Waals surface area contributed by atoms with Gasteiger partial charge in [0.1, 0.15) is 0 Å². The van der Waals surface area contributed by atoms with Crippen molar-refractivity contribution in [1.82, 2.24) is 0 Å². The molecular weight excluding hydrogens is 148 g/mol. The monoisotopic (exact) mass is 168 g/mol. The molecule has 0 aromatic carbocycles. The van der Waals surface area contributed by atoms with Crippen LogP contribution in [0.1, 0.15) is 39.0 Å². The SMILES string of the molecule is C/C=C/CC1(COC)CCCC1. The molecule has 0 heterocycles. The van der Waals surface area contributed by atoms with Gasteiger partial charge in [0.25, 0.3) is 0 Å². The minimum atomic E-state index is 0.487. The largest absolute Gasteiger partial charge is 0.384 e. The molecular formula is C11H20O. The predicted molar refractivity (Wildman–Crippen MR) is 52.2 cm³/mol. The van der Waals surface area contributed by atoms with Crippen molar-refractivity contribution in [2.45, 2.75) is 39.0 Å². The Morgan fingerprint density at radius 3 is 2.50 bits per heavy atom.